The summed E-state index contributed by atoms with van der Waals surface area (Å²) >= 11 is 0. The van der Waals surface area contributed by atoms with Crippen molar-refractivity contribution in [2.75, 3.05) is 6.54 Å². The van der Waals surface area contributed by atoms with E-state index in [0.717, 1.165) is 36.6 Å². The van der Waals surface area contributed by atoms with Crippen molar-refractivity contribution in [3.8, 4) is 11.3 Å². The van der Waals surface area contributed by atoms with Gasteiger partial charge in [0.2, 0.25) is 0 Å². The lowest BCUT2D eigenvalue weighted by Crippen LogP contribution is -2.36. The third-order valence-electron chi connectivity index (χ3n) is 4.64. The minimum Gasteiger partial charge on any atom is -0.475 e. The van der Waals surface area contributed by atoms with Crippen molar-refractivity contribution in [2.24, 2.45) is 5.73 Å². The molecule has 0 saturated carbocycles. The zero-order chi connectivity index (χ0) is 21.7. The maximum Gasteiger partial charge on any atom is 0.490 e. The van der Waals surface area contributed by atoms with Gasteiger partial charge < -0.3 is 10.8 Å². The van der Waals surface area contributed by atoms with Crippen molar-refractivity contribution >= 4 is 5.97 Å². The Morgan fingerprint density at radius 1 is 1.17 bits per heavy atom. The molecule has 0 saturated heterocycles. The molecule has 9 heteroatoms. The Balaban J connectivity index is 0.000000318. The fraction of sp³-hybridized carbons (Fsp3) is 0.238. The van der Waals surface area contributed by atoms with Crippen LogP contribution < -0.4 is 5.73 Å². The van der Waals surface area contributed by atoms with Crippen molar-refractivity contribution < 1.29 is 23.1 Å². The second-order valence-corrected chi connectivity index (χ2v) is 6.92. The molecule has 1 aromatic heterocycles. The first kappa shape index (κ1) is 21.5. The number of aromatic amines is 1. The number of nitrogens with two attached hydrogens (primary N) is 1. The minimum atomic E-state index is -5.08. The number of aromatic nitrogens is 2. The van der Waals surface area contributed by atoms with E-state index in [9.17, 15) is 13.2 Å². The number of aliphatic carboxylic acids is 1. The van der Waals surface area contributed by atoms with Crippen molar-refractivity contribution in [1.82, 2.24) is 15.1 Å². The van der Waals surface area contributed by atoms with Gasteiger partial charge in [-0.1, -0.05) is 54.6 Å². The van der Waals surface area contributed by atoms with Gasteiger partial charge in [-0.05, 0) is 17.2 Å². The molecule has 0 radical (unpaired) electrons. The maximum absolute atomic E-state index is 10.6. The zero-order valence-electron chi connectivity index (χ0n) is 15.9. The fourth-order valence-electron chi connectivity index (χ4n) is 3.28. The summed E-state index contributed by atoms with van der Waals surface area (Å²) in [6, 6.07) is 20.9. The van der Waals surface area contributed by atoms with Crippen LogP contribution in [0.1, 0.15) is 22.9 Å². The largest absolute Gasteiger partial charge is 0.490 e. The number of hydrogen-bond acceptors (Lipinski definition) is 4. The van der Waals surface area contributed by atoms with E-state index in [1.807, 2.05) is 18.2 Å². The standard InChI is InChI=1S/C19H20N4.C2HF3O2/c20-18-13-23(11-15-8-4-5-9-17(15)18)12-16-10-19(22-21-16)14-6-2-1-3-7-14;3-2(4,5)1(6)7/h1-10,18H,11-13,20H2,(H,21,22);(H,6,7). The molecular formula is C21H21F3N4O2. The van der Waals surface area contributed by atoms with Crippen LogP contribution >= 0.6 is 0 Å². The second kappa shape index (κ2) is 9.10. The van der Waals surface area contributed by atoms with E-state index in [1.54, 1.807) is 0 Å². The molecule has 1 unspecified atom stereocenters. The molecule has 30 heavy (non-hydrogen) atoms. The molecule has 2 heterocycles. The van der Waals surface area contributed by atoms with E-state index in [2.05, 4.69) is 57.6 Å². The van der Waals surface area contributed by atoms with Crippen LogP contribution in [-0.2, 0) is 17.9 Å². The topological polar surface area (TPSA) is 95.2 Å². The van der Waals surface area contributed by atoms with E-state index >= 15 is 0 Å². The highest BCUT2D eigenvalue weighted by Gasteiger charge is 2.38. The second-order valence-electron chi connectivity index (χ2n) is 6.92. The molecular weight excluding hydrogens is 397 g/mol. The van der Waals surface area contributed by atoms with Gasteiger partial charge in [0, 0.05) is 36.9 Å². The molecule has 4 N–H and O–H groups in total. The SMILES string of the molecule is NC1CN(Cc2cc(-c3ccccc3)n[nH]2)Cc2ccccc21.O=C(O)C(F)(F)F. The van der Waals surface area contributed by atoms with Crippen LogP contribution in [0.25, 0.3) is 11.3 Å². The molecule has 0 fully saturated rings. The van der Waals surface area contributed by atoms with Gasteiger partial charge in [0.1, 0.15) is 0 Å². The molecule has 2 aromatic carbocycles. The summed E-state index contributed by atoms with van der Waals surface area (Å²) in [5.74, 6) is -2.76. The Kier molecular flexibility index (Phi) is 6.53. The number of benzene rings is 2. The molecule has 0 aliphatic carbocycles. The van der Waals surface area contributed by atoms with E-state index in [4.69, 9.17) is 15.6 Å². The monoisotopic (exact) mass is 418 g/mol. The molecule has 1 atom stereocenters. The fourth-order valence-corrected chi connectivity index (χ4v) is 3.28. The Morgan fingerprint density at radius 3 is 2.47 bits per heavy atom. The van der Waals surface area contributed by atoms with E-state index < -0.39 is 12.1 Å². The lowest BCUT2D eigenvalue weighted by molar-refractivity contribution is -0.192. The summed E-state index contributed by atoms with van der Waals surface area (Å²) in [7, 11) is 0. The summed E-state index contributed by atoms with van der Waals surface area (Å²) in [6.07, 6.45) is -5.08. The average Bonchev–Trinajstić information content (AvgIpc) is 3.17. The average molecular weight is 418 g/mol. The van der Waals surface area contributed by atoms with Gasteiger partial charge >= 0.3 is 12.1 Å². The maximum atomic E-state index is 10.6. The normalized spacial score (nSPS) is 16.3. The Morgan fingerprint density at radius 2 is 1.80 bits per heavy atom. The summed E-state index contributed by atoms with van der Waals surface area (Å²) < 4.78 is 31.7. The highest BCUT2D eigenvalue weighted by atomic mass is 19.4. The molecule has 0 bridgehead atoms. The number of halogens is 3. The Bertz CT molecular complexity index is 989. The number of carboxylic acids is 1. The zero-order valence-corrected chi connectivity index (χ0v) is 15.9. The highest BCUT2D eigenvalue weighted by Crippen LogP contribution is 2.26. The van der Waals surface area contributed by atoms with E-state index in [1.165, 1.54) is 11.1 Å². The first-order chi connectivity index (χ1) is 14.2. The van der Waals surface area contributed by atoms with Crippen LogP contribution in [0.15, 0.2) is 60.7 Å². The van der Waals surface area contributed by atoms with Crippen LogP contribution in [0.3, 0.4) is 0 Å². The number of alkyl halides is 3. The number of rotatable bonds is 3. The highest BCUT2D eigenvalue weighted by molar-refractivity contribution is 5.73. The van der Waals surface area contributed by atoms with E-state index in [0.29, 0.717) is 0 Å². The smallest absolute Gasteiger partial charge is 0.475 e. The molecule has 6 nitrogen and oxygen atoms in total. The third kappa shape index (κ3) is 5.46. The molecule has 4 rings (SSSR count). The van der Waals surface area contributed by atoms with Crippen LogP contribution in [0.2, 0.25) is 0 Å². The number of nitrogens with one attached hydrogen (secondary N) is 1. The van der Waals surface area contributed by atoms with Crippen LogP contribution in [0, 0.1) is 0 Å². The van der Waals surface area contributed by atoms with Crippen molar-refractivity contribution in [2.45, 2.75) is 25.3 Å². The molecule has 0 spiro atoms. The van der Waals surface area contributed by atoms with Crippen molar-refractivity contribution in [3.05, 3.63) is 77.5 Å². The van der Waals surface area contributed by atoms with Crippen LogP contribution in [0.5, 0.6) is 0 Å². The third-order valence-corrected chi connectivity index (χ3v) is 4.64. The molecule has 1 aliphatic heterocycles. The number of nitrogens with zero attached hydrogens (tertiary/aromatic N) is 2. The van der Waals surface area contributed by atoms with Gasteiger partial charge in [0.05, 0.1) is 5.69 Å². The Hall–Kier alpha value is -3.17. The minimum absolute atomic E-state index is 0.0801. The van der Waals surface area contributed by atoms with E-state index in [-0.39, 0.29) is 6.04 Å². The summed E-state index contributed by atoms with van der Waals surface area (Å²) in [5, 5.41) is 14.7. The quantitative estimate of drug-likeness (QED) is 0.603. The molecule has 3 aromatic rings. The lowest BCUT2D eigenvalue weighted by Gasteiger charge is -2.32. The van der Waals surface area contributed by atoms with Gasteiger partial charge in [0.15, 0.2) is 0 Å². The van der Waals surface area contributed by atoms with Gasteiger partial charge in [0.25, 0.3) is 0 Å². The van der Waals surface area contributed by atoms with Crippen LogP contribution in [-0.4, -0.2) is 38.9 Å². The number of H-pyrrole nitrogens is 1. The number of carbonyl (C=O) groups is 1. The molecule has 1 aliphatic rings. The number of carboxylic acid groups (broad SMARTS) is 1. The van der Waals surface area contributed by atoms with Gasteiger partial charge in [-0.3, -0.25) is 10.00 Å². The summed E-state index contributed by atoms with van der Waals surface area (Å²) in [5.41, 5.74) is 12.2. The molecule has 0 amide bonds. The van der Waals surface area contributed by atoms with Crippen molar-refractivity contribution in [1.29, 1.82) is 0 Å². The first-order valence-corrected chi connectivity index (χ1v) is 9.19. The summed E-state index contributed by atoms with van der Waals surface area (Å²) in [4.78, 5) is 11.3. The van der Waals surface area contributed by atoms with Gasteiger partial charge in [-0.2, -0.15) is 18.3 Å². The summed E-state index contributed by atoms with van der Waals surface area (Å²) in [6.45, 7) is 2.64. The molecule has 158 valence electrons. The predicted molar refractivity (Wildman–Crippen MR) is 105 cm³/mol. The first-order valence-electron chi connectivity index (χ1n) is 9.19. The van der Waals surface area contributed by atoms with Gasteiger partial charge in [-0.15, -0.1) is 0 Å². The van der Waals surface area contributed by atoms with Crippen LogP contribution in [0.4, 0.5) is 13.2 Å². The number of fused-ring (bicyclic) bond motifs is 1. The Labute approximate surface area is 171 Å². The van der Waals surface area contributed by atoms with Crippen molar-refractivity contribution in [3.63, 3.8) is 0 Å². The number of hydrogen-bond donors (Lipinski definition) is 3. The predicted octanol–water partition coefficient (Wildman–Crippen LogP) is 3.73. The van der Waals surface area contributed by atoms with Gasteiger partial charge in [-0.25, -0.2) is 4.79 Å². The lowest BCUT2D eigenvalue weighted by atomic mass is 9.96.